The van der Waals surface area contributed by atoms with Gasteiger partial charge in [0, 0.05) is 24.3 Å². The molecule has 0 radical (unpaired) electrons. The van der Waals surface area contributed by atoms with Gasteiger partial charge in [-0.05, 0) is 76.6 Å². The van der Waals surface area contributed by atoms with Crippen LogP contribution < -0.4 is 4.90 Å². The van der Waals surface area contributed by atoms with Crippen LogP contribution in [-0.2, 0) is 4.74 Å². The molecule has 2 aliphatic rings. The van der Waals surface area contributed by atoms with E-state index in [1.54, 1.807) is 4.90 Å². The largest absolute Gasteiger partial charge is 0.443 e. The second-order valence-electron chi connectivity index (χ2n) is 9.41. The first-order chi connectivity index (χ1) is 14.8. The Bertz CT molecular complexity index is 917. The van der Waals surface area contributed by atoms with Crippen LogP contribution in [0, 0.1) is 0 Å². The molecule has 2 amide bonds. The van der Waals surface area contributed by atoms with Crippen LogP contribution in [-0.4, -0.2) is 40.1 Å². The third-order valence-corrected chi connectivity index (χ3v) is 5.69. The van der Waals surface area contributed by atoms with Crippen molar-refractivity contribution in [2.75, 3.05) is 11.4 Å². The summed E-state index contributed by atoms with van der Waals surface area (Å²) in [6.45, 7) is 6.35. The van der Waals surface area contributed by atoms with Crippen molar-refractivity contribution in [1.82, 2.24) is 9.88 Å². The smallest absolute Gasteiger partial charge is 0.416 e. The molecular formula is C25H31N3O3. The number of benzene rings is 1. The fourth-order valence-electron chi connectivity index (χ4n) is 4.08. The van der Waals surface area contributed by atoms with Gasteiger partial charge in [-0.3, -0.25) is 9.69 Å². The van der Waals surface area contributed by atoms with Gasteiger partial charge in [-0.2, -0.15) is 0 Å². The first-order valence-electron chi connectivity index (χ1n) is 11.2. The van der Waals surface area contributed by atoms with Gasteiger partial charge in [0.2, 0.25) is 0 Å². The van der Waals surface area contributed by atoms with Crippen molar-refractivity contribution in [3.63, 3.8) is 0 Å². The number of ether oxygens (including phenoxy) is 1. The summed E-state index contributed by atoms with van der Waals surface area (Å²) in [6.07, 6.45) is 6.39. The zero-order valence-electron chi connectivity index (χ0n) is 18.6. The zero-order chi connectivity index (χ0) is 22.0. The molecule has 31 heavy (non-hydrogen) atoms. The van der Waals surface area contributed by atoms with E-state index in [9.17, 15) is 9.59 Å². The van der Waals surface area contributed by atoms with Crippen LogP contribution >= 0.6 is 0 Å². The van der Waals surface area contributed by atoms with Crippen LogP contribution in [0.25, 0.3) is 0 Å². The molecule has 6 heteroatoms. The average molecular weight is 422 g/mol. The summed E-state index contributed by atoms with van der Waals surface area (Å²) in [5.74, 6) is 0.667. The van der Waals surface area contributed by atoms with Crippen LogP contribution in [0.1, 0.15) is 74.8 Å². The number of nitrogens with zero attached hydrogens (tertiary/aromatic N) is 3. The summed E-state index contributed by atoms with van der Waals surface area (Å²) < 4.78 is 5.59. The number of hydrogen-bond donors (Lipinski definition) is 0. The molecule has 0 spiro atoms. The minimum atomic E-state index is -0.551. The standard InChI is InChI=1S/C25H31N3O3/c1-25(2,3)31-24(30)28(20-13-14-20)22-15-12-19(17-26-22)21-11-7-8-16-27(21)23(29)18-9-5-4-6-10-18/h4-6,9-10,12,15,17,20-21H,7-8,11,13-14,16H2,1-3H3/t21-/m0/s1. The Morgan fingerprint density at radius 3 is 2.39 bits per heavy atom. The molecule has 0 bridgehead atoms. The van der Waals surface area contributed by atoms with Crippen molar-refractivity contribution in [2.24, 2.45) is 0 Å². The molecule has 1 aliphatic carbocycles. The van der Waals surface area contributed by atoms with Crippen LogP contribution in [0.15, 0.2) is 48.7 Å². The van der Waals surface area contributed by atoms with Crippen molar-refractivity contribution < 1.29 is 14.3 Å². The Hall–Kier alpha value is -2.89. The third-order valence-electron chi connectivity index (χ3n) is 5.69. The van der Waals surface area contributed by atoms with Gasteiger partial charge in [-0.15, -0.1) is 0 Å². The Morgan fingerprint density at radius 1 is 1.03 bits per heavy atom. The summed E-state index contributed by atoms with van der Waals surface area (Å²) in [5.41, 5.74) is 1.17. The number of carbonyl (C=O) groups excluding carboxylic acids is 2. The lowest BCUT2D eigenvalue weighted by atomic mass is 9.95. The first-order valence-corrected chi connectivity index (χ1v) is 11.2. The molecular weight excluding hydrogens is 390 g/mol. The second-order valence-corrected chi connectivity index (χ2v) is 9.41. The molecule has 1 aliphatic heterocycles. The SMILES string of the molecule is CC(C)(C)OC(=O)N(c1ccc([C@@H]2CCCCN2C(=O)c2ccccc2)cn1)C1CC1. The molecule has 2 fully saturated rings. The highest BCUT2D eigenvalue weighted by Crippen LogP contribution is 2.35. The van der Waals surface area contributed by atoms with E-state index in [0.29, 0.717) is 11.4 Å². The van der Waals surface area contributed by atoms with Crippen molar-refractivity contribution in [3.8, 4) is 0 Å². The maximum absolute atomic E-state index is 13.1. The van der Waals surface area contributed by atoms with E-state index in [-0.39, 0.29) is 24.1 Å². The highest BCUT2D eigenvalue weighted by molar-refractivity contribution is 5.94. The molecule has 164 valence electrons. The number of hydrogen-bond acceptors (Lipinski definition) is 4. The lowest BCUT2D eigenvalue weighted by molar-refractivity contribution is 0.0575. The lowest BCUT2D eigenvalue weighted by Crippen LogP contribution is -2.39. The Labute approximate surface area is 184 Å². The summed E-state index contributed by atoms with van der Waals surface area (Å²) in [7, 11) is 0. The molecule has 1 saturated carbocycles. The van der Waals surface area contributed by atoms with Gasteiger partial charge < -0.3 is 9.64 Å². The highest BCUT2D eigenvalue weighted by Gasteiger charge is 2.37. The van der Waals surface area contributed by atoms with Crippen LogP contribution in [0.4, 0.5) is 10.6 Å². The summed E-state index contributed by atoms with van der Waals surface area (Å²) in [6, 6.07) is 13.5. The second kappa shape index (κ2) is 8.69. The molecule has 1 saturated heterocycles. The van der Waals surface area contributed by atoms with Crippen LogP contribution in [0.3, 0.4) is 0 Å². The number of amides is 2. The molecule has 2 heterocycles. The van der Waals surface area contributed by atoms with E-state index in [2.05, 4.69) is 4.98 Å². The molecule has 0 N–H and O–H groups in total. The summed E-state index contributed by atoms with van der Waals surface area (Å²) in [4.78, 5) is 34.1. The van der Waals surface area contributed by atoms with Crippen LogP contribution in [0.2, 0.25) is 0 Å². The van der Waals surface area contributed by atoms with Crippen LogP contribution in [0.5, 0.6) is 0 Å². The number of likely N-dealkylation sites (tertiary alicyclic amines) is 1. The predicted molar refractivity (Wildman–Crippen MR) is 120 cm³/mol. The van der Waals surface area contributed by atoms with Gasteiger partial charge in [0.05, 0.1) is 6.04 Å². The van der Waals surface area contributed by atoms with Gasteiger partial charge in [0.1, 0.15) is 11.4 Å². The summed E-state index contributed by atoms with van der Waals surface area (Å²) >= 11 is 0. The number of carbonyl (C=O) groups is 2. The van der Waals surface area contributed by atoms with Gasteiger partial charge in [-0.25, -0.2) is 9.78 Å². The molecule has 4 rings (SSSR count). The Morgan fingerprint density at radius 2 is 1.77 bits per heavy atom. The topological polar surface area (TPSA) is 62.7 Å². The number of piperidine rings is 1. The predicted octanol–water partition coefficient (Wildman–Crippen LogP) is 5.35. The minimum Gasteiger partial charge on any atom is -0.443 e. The Balaban J connectivity index is 1.54. The fraction of sp³-hybridized carbons (Fsp3) is 0.480. The van der Waals surface area contributed by atoms with E-state index < -0.39 is 5.60 Å². The number of rotatable bonds is 4. The third kappa shape index (κ3) is 5.06. The minimum absolute atomic E-state index is 0.00101. The van der Waals surface area contributed by atoms with E-state index in [1.807, 2.05) is 74.3 Å². The van der Waals surface area contributed by atoms with Crippen molar-refractivity contribution in [2.45, 2.75) is 70.6 Å². The quantitative estimate of drug-likeness (QED) is 0.667. The van der Waals surface area contributed by atoms with Gasteiger partial charge in [0.25, 0.3) is 5.91 Å². The first kappa shape index (κ1) is 21.3. The molecule has 6 nitrogen and oxygen atoms in total. The fourth-order valence-corrected chi connectivity index (χ4v) is 4.08. The molecule has 1 aromatic heterocycles. The average Bonchev–Trinajstić information content (AvgIpc) is 3.58. The van der Waals surface area contributed by atoms with Crippen molar-refractivity contribution in [1.29, 1.82) is 0 Å². The molecule has 0 unspecified atom stereocenters. The highest BCUT2D eigenvalue weighted by atomic mass is 16.6. The monoisotopic (exact) mass is 421 g/mol. The molecule has 2 aromatic rings. The summed E-state index contributed by atoms with van der Waals surface area (Å²) in [5, 5.41) is 0. The Kier molecular flexibility index (Phi) is 5.99. The van der Waals surface area contributed by atoms with Crippen molar-refractivity contribution >= 4 is 17.8 Å². The van der Waals surface area contributed by atoms with E-state index in [4.69, 9.17) is 4.74 Å². The van der Waals surface area contributed by atoms with E-state index >= 15 is 0 Å². The normalized spacial score (nSPS) is 19.1. The van der Waals surface area contributed by atoms with Gasteiger partial charge >= 0.3 is 6.09 Å². The number of pyridine rings is 1. The van der Waals surface area contributed by atoms with Crippen molar-refractivity contribution in [3.05, 3.63) is 59.8 Å². The maximum Gasteiger partial charge on any atom is 0.416 e. The zero-order valence-corrected chi connectivity index (χ0v) is 18.6. The maximum atomic E-state index is 13.1. The molecule has 1 atom stereocenters. The van der Waals surface area contributed by atoms with Gasteiger partial charge in [-0.1, -0.05) is 24.3 Å². The molecule has 1 aromatic carbocycles. The van der Waals surface area contributed by atoms with E-state index in [1.165, 1.54) is 0 Å². The van der Waals surface area contributed by atoms with E-state index in [0.717, 1.165) is 44.2 Å². The lowest BCUT2D eigenvalue weighted by Gasteiger charge is -2.36. The number of anilines is 1. The van der Waals surface area contributed by atoms with Gasteiger partial charge in [0.15, 0.2) is 0 Å². The number of aromatic nitrogens is 1.